The van der Waals surface area contributed by atoms with Crippen LogP contribution in [0.4, 0.5) is 17.3 Å². The maximum absolute atomic E-state index is 12.5. The SMILES string of the molecule is Cc1ccnc(NS(=O)(=O)c2ccc(NC(=O)CN(c3cccc(Cl)c3)S(C)(=O)=O)cc2)n1. The van der Waals surface area contributed by atoms with Crippen molar-refractivity contribution in [3.63, 3.8) is 0 Å². The summed E-state index contributed by atoms with van der Waals surface area (Å²) >= 11 is 5.93. The fraction of sp³-hybridized carbons (Fsp3) is 0.150. The summed E-state index contributed by atoms with van der Waals surface area (Å²) in [6.45, 7) is 1.21. The Morgan fingerprint density at radius 3 is 2.36 bits per heavy atom. The number of rotatable bonds is 8. The minimum absolute atomic E-state index is 0.0609. The number of benzene rings is 2. The van der Waals surface area contributed by atoms with E-state index in [1.54, 1.807) is 25.1 Å². The highest BCUT2D eigenvalue weighted by molar-refractivity contribution is 7.92. The van der Waals surface area contributed by atoms with Crippen LogP contribution in [0.3, 0.4) is 0 Å². The Labute approximate surface area is 196 Å². The van der Waals surface area contributed by atoms with Crippen molar-refractivity contribution in [2.24, 2.45) is 0 Å². The van der Waals surface area contributed by atoms with Crippen molar-refractivity contribution in [3.8, 4) is 0 Å². The Balaban J connectivity index is 1.71. The third-order valence-corrected chi connectivity index (χ3v) is 6.97. The van der Waals surface area contributed by atoms with E-state index in [1.165, 1.54) is 42.6 Å². The molecule has 33 heavy (non-hydrogen) atoms. The minimum Gasteiger partial charge on any atom is -0.325 e. The number of nitrogens with one attached hydrogen (secondary N) is 2. The zero-order chi connectivity index (χ0) is 24.2. The van der Waals surface area contributed by atoms with Gasteiger partial charge in [-0.3, -0.25) is 9.10 Å². The van der Waals surface area contributed by atoms with E-state index >= 15 is 0 Å². The molecular weight excluding hydrogens is 490 g/mol. The summed E-state index contributed by atoms with van der Waals surface area (Å²) in [4.78, 5) is 20.3. The molecule has 0 aliphatic heterocycles. The van der Waals surface area contributed by atoms with Crippen LogP contribution in [0.15, 0.2) is 65.7 Å². The monoisotopic (exact) mass is 509 g/mol. The number of halogens is 1. The van der Waals surface area contributed by atoms with Crippen molar-refractivity contribution in [2.45, 2.75) is 11.8 Å². The van der Waals surface area contributed by atoms with Gasteiger partial charge in [0, 0.05) is 22.6 Å². The summed E-state index contributed by atoms with van der Waals surface area (Å²) in [5.41, 5.74) is 1.12. The lowest BCUT2D eigenvalue weighted by Crippen LogP contribution is -2.37. The maximum atomic E-state index is 12.5. The molecule has 0 bridgehead atoms. The van der Waals surface area contributed by atoms with Gasteiger partial charge < -0.3 is 5.32 Å². The van der Waals surface area contributed by atoms with Crippen LogP contribution in [-0.4, -0.2) is 45.5 Å². The molecule has 1 amide bonds. The summed E-state index contributed by atoms with van der Waals surface area (Å²) in [5.74, 6) is -0.684. The van der Waals surface area contributed by atoms with E-state index in [9.17, 15) is 21.6 Å². The summed E-state index contributed by atoms with van der Waals surface area (Å²) in [6, 6.07) is 13.1. The number of nitrogens with zero attached hydrogens (tertiary/aromatic N) is 3. The van der Waals surface area contributed by atoms with Gasteiger partial charge in [-0.05, 0) is 55.5 Å². The molecule has 2 N–H and O–H groups in total. The molecule has 0 unspecified atom stereocenters. The first-order chi connectivity index (χ1) is 15.4. The second-order valence-electron chi connectivity index (χ2n) is 6.95. The molecule has 0 fully saturated rings. The number of anilines is 3. The Bertz CT molecular complexity index is 1380. The maximum Gasteiger partial charge on any atom is 0.264 e. The Kier molecular flexibility index (Phi) is 7.20. The molecule has 0 aliphatic rings. The molecule has 0 saturated carbocycles. The smallest absolute Gasteiger partial charge is 0.264 e. The average molecular weight is 510 g/mol. The Morgan fingerprint density at radius 1 is 1.06 bits per heavy atom. The van der Waals surface area contributed by atoms with E-state index in [0.717, 1.165) is 10.6 Å². The van der Waals surface area contributed by atoms with Crippen LogP contribution < -0.4 is 14.3 Å². The van der Waals surface area contributed by atoms with Gasteiger partial charge in [0.15, 0.2) is 0 Å². The van der Waals surface area contributed by atoms with E-state index in [2.05, 4.69) is 20.0 Å². The van der Waals surface area contributed by atoms with Gasteiger partial charge in [0.1, 0.15) is 6.54 Å². The van der Waals surface area contributed by atoms with Crippen molar-refractivity contribution < 1.29 is 21.6 Å². The fourth-order valence-electron chi connectivity index (χ4n) is 2.76. The third-order valence-electron chi connectivity index (χ3n) is 4.25. The summed E-state index contributed by atoms with van der Waals surface area (Å²) in [5, 5.41) is 2.87. The van der Waals surface area contributed by atoms with Crippen LogP contribution in [0.2, 0.25) is 5.02 Å². The van der Waals surface area contributed by atoms with Crippen molar-refractivity contribution in [2.75, 3.05) is 27.1 Å². The molecule has 3 aromatic rings. The lowest BCUT2D eigenvalue weighted by Gasteiger charge is -2.22. The highest BCUT2D eigenvalue weighted by Gasteiger charge is 2.21. The van der Waals surface area contributed by atoms with Gasteiger partial charge in [-0.15, -0.1) is 0 Å². The van der Waals surface area contributed by atoms with Gasteiger partial charge in [0.05, 0.1) is 16.8 Å². The number of carbonyl (C=O) groups excluding carboxylic acids is 1. The average Bonchev–Trinajstić information content (AvgIpc) is 2.71. The van der Waals surface area contributed by atoms with Crippen molar-refractivity contribution in [1.29, 1.82) is 0 Å². The van der Waals surface area contributed by atoms with E-state index in [1.807, 2.05) is 0 Å². The second-order valence-corrected chi connectivity index (χ2v) is 11.0. The Hall–Kier alpha value is -3.22. The number of amides is 1. The summed E-state index contributed by atoms with van der Waals surface area (Å²) in [7, 11) is -7.71. The van der Waals surface area contributed by atoms with E-state index in [0.29, 0.717) is 10.7 Å². The normalized spacial score (nSPS) is 11.6. The predicted molar refractivity (Wildman–Crippen MR) is 126 cm³/mol. The lowest BCUT2D eigenvalue weighted by molar-refractivity contribution is -0.114. The minimum atomic E-state index is -3.94. The lowest BCUT2D eigenvalue weighted by atomic mass is 10.3. The van der Waals surface area contributed by atoms with Gasteiger partial charge in [0.2, 0.25) is 21.9 Å². The van der Waals surface area contributed by atoms with Crippen molar-refractivity contribution in [3.05, 3.63) is 71.5 Å². The standard InChI is InChI=1S/C20H20ClN5O5S2/c1-14-10-11-22-20(23-14)25-33(30,31)18-8-6-16(7-9-18)24-19(27)13-26(32(2,28)29)17-5-3-4-15(21)12-17/h3-12H,13H2,1-2H3,(H,24,27)(H,22,23,25). The van der Waals surface area contributed by atoms with Crippen LogP contribution in [0, 0.1) is 6.92 Å². The van der Waals surface area contributed by atoms with E-state index in [4.69, 9.17) is 11.6 Å². The molecule has 2 aromatic carbocycles. The van der Waals surface area contributed by atoms with Gasteiger partial charge in [-0.2, -0.15) is 0 Å². The molecule has 0 aliphatic carbocycles. The number of aryl methyl sites for hydroxylation is 1. The van der Waals surface area contributed by atoms with Crippen LogP contribution >= 0.6 is 11.6 Å². The first-order valence-corrected chi connectivity index (χ1v) is 13.1. The number of hydrogen-bond acceptors (Lipinski definition) is 7. The van der Waals surface area contributed by atoms with Crippen molar-refractivity contribution in [1.82, 2.24) is 9.97 Å². The zero-order valence-corrected chi connectivity index (χ0v) is 19.9. The molecule has 10 nitrogen and oxygen atoms in total. The number of carbonyl (C=O) groups is 1. The van der Waals surface area contributed by atoms with Crippen LogP contribution in [0.5, 0.6) is 0 Å². The fourth-order valence-corrected chi connectivity index (χ4v) is 4.74. The number of sulfonamides is 2. The number of aromatic nitrogens is 2. The van der Waals surface area contributed by atoms with Gasteiger partial charge in [-0.25, -0.2) is 31.5 Å². The number of hydrogen-bond donors (Lipinski definition) is 2. The van der Waals surface area contributed by atoms with Gasteiger partial charge >= 0.3 is 0 Å². The van der Waals surface area contributed by atoms with E-state index < -0.39 is 32.5 Å². The van der Waals surface area contributed by atoms with Crippen LogP contribution in [-0.2, 0) is 24.8 Å². The molecule has 0 radical (unpaired) electrons. The quantitative estimate of drug-likeness (QED) is 0.476. The topological polar surface area (TPSA) is 138 Å². The highest BCUT2D eigenvalue weighted by atomic mass is 35.5. The molecule has 13 heteroatoms. The van der Waals surface area contributed by atoms with Gasteiger partial charge in [-0.1, -0.05) is 17.7 Å². The first-order valence-electron chi connectivity index (χ1n) is 9.40. The molecular formula is C20H20ClN5O5S2. The van der Waals surface area contributed by atoms with Crippen LogP contribution in [0.1, 0.15) is 5.69 Å². The molecule has 174 valence electrons. The van der Waals surface area contributed by atoms with Gasteiger partial charge in [0.25, 0.3) is 10.0 Å². The molecule has 1 heterocycles. The molecule has 1 aromatic heterocycles. The third kappa shape index (κ3) is 6.63. The van der Waals surface area contributed by atoms with Crippen LogP contribution in [0.25, 0.3) is 0 Å². The van der Waals surface area contributed by atoms with Crippen molar-refractivity contribution >= 4 is 54.9 Å². The second kappa shape index (κ2) is 9.73. The first kappa shape index (κ1) is 24.4. The molecule has 0 atom stereocenters. The molecule has 0 spiro atoms. The zero-order valence-electron chi connectivity index (χ0n) is 17.6. The summed E-state index contributed by atoms with van der Waals surface area (Å²) < 4.78 is 52.6. The Morgan fingerprint density at radius 2 is 1.76 bits per heavy atom. The molecule has 3 rings (SSSR count). The predicted octanol–water partition coefficient (Wildman–Crippen LogP) is 2.64. The van der Waals surface area contributed by atoms with E-state index in [-0.39, 0.29) is 22.2 Å². The summed E-state index contributed by atoms with van der Waals surface area (Å²) in [6.07, 6.45) is 2.41. The highest BCUT2D eigenvalue weighted by Crippen LogP contribution is 2.22. The molecule has 0 saturated heterocycles. The largest absolute Gasteiger partial charge is 0.325 e.